The van der Waals surface area contributed by atoms with Crippen molar-refractivity contribution in [2.45, 2.75) is 77.4 Å². The Labute approximate surface area is 203 Å². The molecule has 1 aliphatic carbocycles. The highest BCUT2D eigenvalue weighted by Crippen LogP contribution is 2.40. The van der Waals surface area contributed by atoms with E-state index in [1.807, 2.05) is 36.6 Å². The number of hydrogen-bond donors (Lipinski definition) is 1. The van der Waals surface area contributed by atoms with Crippen LogP contribution in [0.5, 0.6) is 0 Å². The molecule has 1 aromatic carbocycles. The number of nitrogens with one attached hydrogen (secondary N) is 1. The fourth-order valence-electron chi connectivity index (χ4n) is 5.29. The van der Waals surface area contributed by atoms with Crippen LogP contribution in [0.15, 0.2) is 30.3 Å². The fourth-order valence-corrected chi connectivity index (χ4v) is 6.50. The van der Waals surface area contributed by atoms with Crippen LogP contribution in [0.1, 0.15) is 66.9 Å². The first-order valence-electron chi connectivity index (χ1n) is 11.9. The summed E-state index contributed by atoms with van der Waals surface area (Å²) in [7, 11) is 0. The van der Waals surface area contributed by atoms with Gasteiger partial charge in [0, 0.05) is 21.6 Å². The highest BCUT2D eigenvalue weighted by molar-refractivity contribution is 7.19. The van der Waals surface area contributed by atoms with Crippen LogP contribution in [0.2, 0.25) is 5.02 Å². The summed E-state index contributed by atoms with van der Waals surface area (Å²) in [5.74, 6) is -0.255. The van der Waals surface area contributed by atoms with Crippen LogP contribution in [0.4, 0.5) is 5.69 Å². The SMILES string of the molecule is CCc1cc2c(cc3n2CC(C)(C(=O)NC2CCCCC2)N(c2cc(Cl)ccc2C)C3=O)s1. The largest absolute Gasteiger partial charge is 0.351 e. The van der Waals surface area contributed by atoms with E-state index in [1.165, 1.54) is 11.3 Å². The quantitative estimate of drug-likeness (QED) is 0.487. The van der Waals surface area contributed by atoms with Gasteiger partial charge in [0.1, 0.15) is 11.2 Å². The van der Waals surface area contributed by atoms with E-state index in [9.17, 15) is 9.59 Å². The van der Waals surface area contributed by atoms with Gasteiger partial charge >= 0.3 is 0 Å². The second kappa shape index (κ2) is 8.48. The van der Waals surface area contributed by atoms with Crippen LogP contribution in [0, 0.1) is 6.92 Å². The average Bonchev–Trinajstić information content (AvgIpc) is 3.35. The summed E-state index contributed by atoms with van der Waals surface area (Å²) in [5.41, 5.74) is 2.20. The molecule has 5 nitrogen and oxygen atoms in total. The van der Waals surface area contributed by atoms with Crippen LogP contribution < -0.4 is 10.2 Å². The van der Waals surface area contributed by atoms with Crippen molar-refractivity contribution < 1.29 is 9.59 Å². The summed E-state index contributed by atoms with van der Waals surface area (Å²) in [4.78, 5) is 30.9. The molecule has 2 aliphatic rings. The van der Waals surface area contributed by atoms with Gasteiger partial charge in [-0.1, -0.05) is 43.9 Å². The standard InChI is InChI=1S/C26H30ClN3O2S/c1-4-19-13-21-23(33-19)14-22-24(31)30(20-12-17(27)11-10-16(20)2)26(3,15-29(21)22)25(32)28-18-8-6-5-7-9-18/h10-14,18H,4-9,15H2,1-3H3,(H,28,32). The molecule has 3 heterocycles. The van der Waals surface area contributed by atoms with Gasteiger partial charge in [0.25, 0.3) is 5.91 Å². The van der Waals surface area contributed by atoms with Gasteiger partial charge in [-0.3, -0.25) is 14.5 Å². The predicted octanol–water partition coefficient (Wildman–Crippen LogP) is 6.10. The second-order valence-corrected chi connectivity index (χ2v) is 11.2. The Hall–Kier alpha value is -2.31. The lowest BCUT2D eigenvalue weighted by molar-refractivity contribution is -0.127. The number of anilines is 1. The molecule has 3 aromatic rings. The Balaban J connectivity index is 1.63. The summed E-state index contributed by atoms with van der Waals surface area (Å²) in [6, 6.07) is 9.84. The molecule has 0 spiro atoms. The maximum Gasteiger partial charge on any atom is 0.275 e. The topological polar surface area (TPSA) is 54.3 Å². The summed E-state index contributed by atoms with van der Waals surface area (Å²) in [5, 5.41) is 3.84. The number of aryl methyl sites for hydroxylation is 2. The third kappa shape index (κ3) is 3.77. The van der Waals surface area contributed by atoms with E-state index in [0.29, 0.717) is 22.9 Å². The van der Waals surface area contributed by atoms with Crippen molar-refractivity contribution >= 4 is 50.7 Å². The average molecular weight is 484 g/mol. The normalized spacial score (nSPS) is 21.5. The summed E-state index contributed by atoms with van der Waals surface area (Å²) in [6.07, 6.45) is 6.43. The van der Waals surface area contributed by atoms with Gasteiger partial charge in [0.15, 0.2) is 0 Å². The van der Waals surface area contributed by atoms with Crippen LogP contribution in [0.3, 0.4) is 0 Å². The summed E-state index contributed by atoms with van der Waals surface area (Å²) in [6.45, 7) is 6.39. The molecule has 174 valence electrons. The van der Waals surface area contributed by atoms with E-state index in [4.69, 9.17) is 11.6 Å². The van der Waals surface area contributed by atoms with Gasteiger partial charge in [-0.05, 0) is 62.9 Å². The molecule has 0 bridgehead atoms. The van der Waals surface area contributed by atoms with Gasteiger partial charge in [-0.25, -0.2) is 0 Å². The molecule has 1 N–H and O–H groups in total. The number of aromatic nitrogens is 1. The summed E-state index contributed by atoms with van der Waals surface area (Å²) < 4.78 is 3.14. The molecule has 33 heavy (non-hydrogen) atoms. The first-order chi connectivity index (χ1) is 15.8. The molecule has 1 fully saturated rings. The van der Waals surface area contributed by atoms with E-state index in [0.717, 1.165) is 47.9 Å². The van der Waals surface area contributed by atoms with E-state index < -0.39 is 5.54 Å². The molecule has 1 atom stereocenters. The number of hydrogen-bond acceptors (Lipinski definition) is 3. The second-order valence-electron chi connectivity index (χ2n) is 9.59. The van der Waals surface area contributed by atoms with Crippen molar-refractivity contribution in [2.75, 3.05) is 4.90 Å². The zero-order valence-electron chi connectivity index (χ0n) is 19.4. The fraction of sp³-hybridized carbons (Fsp3) is 0.462. The lowest BCUT2D eigenvalue weighted by Crippen LogP contribution is -2.65. The molecule has 0 saturated heterocycles. The number of fused-ring (bicyclic) bond motifs is 3. The molecule has 7 heteroatoms. The molecular weight excluding hydrogens is 454 g/mol. The Kier molecular flexibility index (Phi) is 5.78. The maximum absolute atomic E-state index is 14.0. The smallest absolute Gasteiger partial charge is 0.275 e. The zero-order valence-corrected chi connectivity index (χ0v) is 21.0. The maximum atomic E-state index is 14.0. The number of thiophene rings is 1. The van der Waals surface area contributed by atoms with Crippen molar-refractivity contribution in [1.29, 1.82) is 0 Å². The van der Waals surface area contributed by atoms with Crippen LogP contribution >= 0.6 is 22.9 Å². The van der Waals surface area contributed by atoms with Gasteiger partial charge in [-0.2, -0.15) is 0 Å². The van der Waals surface area contributed by atoms with Crippen molar-refractivity contribution in [3.05, 3.63) is 51.5 Å². The van der Waals surface area contributed by atoms with E-state index in [1.54, 1.807) is 22.3 Å². The van der Waals surface area contributed by atoms with E-state index in [-0.39, 0.29) is 17.9 Å². The Morgan fingerprint density at radius 1 is 1.21 bits per heavy atom. The number of amides is 2. The van der Waals surface area contributed by atoms with E-state index >= 15 is 0 Å². The summed E-state index contributed by atoms with van der Waals surface area (Å²) >= 11 is 8.07. The number of rotatable bonds is 4. The molecule has 5 rings (SSSR count). The van der Waals surface area contributed by atoms with Gasteiger partial charge in [0.05, 0.1) is 16.8 Å². The number of carbonyl (C=O) groups excluding carboxylic acids is 2. The number of nitrogens with zero attached hydrogens (tertiary/aromatic N) is 2. The van der Waals surface area contributed by atoms with Crippen LogP contribution in [-0.4, -0.2) is 28.0 Å². The Bertz CT molecular complexity index is 1240. The number of halogens is 1. The first kappa shape index (κ1) is 22.5. The molecule has 0 radical (unpaired) electrons. The van der Waals surface area contributed by atoms with Crippen LogP contribution in [0.25, 0.3) is 10.2 Å². The highest BCUT2D eigenvalue weighted by atomic mass is 35.5. The number of carbonyl (C=O) groups is 2. The lowest BCUT2D eigenvalue weighted by atomic mass is 9.90. The molecule has 1 saturated carbocycles. The molecular formula is C26H30ClN3O2S. The van der Waals surface area contributed by atoms with Gasteiger partial charge in [-0.15, -0.1) is 11.3 Å². The zero-order chi connectivity index (χ0) is 23.3. The molecule has 1 aliphatic heterocycles. The predicted molar refractivity (Wildman–Crippen MR) is 136 cm³/mol. The van der Waals surface area contributed by atoms with Crippen LogP contribution in [-0.2, 0) is 17.8 Å². The van der Waals surface area contributed by atoms with Crippen molar-refractivity contribution in [3.8, 4) is 0 Å². The molecule has 2 amide bonds. The van der Waals surface area contributed by atoms with Gasteiger partial charge < -0.3 is 9.88 Å². The van der Waals surface area contributed by atoms with Crippen molar-refractivity contribution in [2.24, 2.45) is 0 Å². The van der Waals surface area contributed by atoms with Crippen molar-refractivity contribution in [1.82, 2.24) is 9.88 Å². The van der Waals surface area contributed by atoms with Crippen molar-refractivity contribution in [3.63, 3.8) is 0 Å². The third-order valence-electron chi connectivity index (χ3n) is 7.21. The lowest BCUT2D eigenvalue weighted by Gasteiger charge is -2.45. The minimum atomic E-state index is -1.07. The van der Waals surface area contributed by atoms with E-state index in [2.05, 4.69) is 18.3 Å². The Morgan fingerprint density at radius 2 is 1.97 bits per heavy atom. The monoisotopic (exact) mass is 483 g/mol. The number of benzene rings is 1. The molecule has 2 aromatic heterocycles. The Morgan fingerprint density at radius 3 is 2.70 bits per heavy atom. The minimum absolute atomic E-state index is 0.0967. The minimum Gasteiger partial charge on any atom is -0.351 e. The van der Waals surface area contributed by atoms with Gasteiger partial charge in [0.2, 0.25) is 5.91 Å². The third-order valence-corrected chi connectivity index (χ3v) is 8.66. The highest BCUT2D eigenvalue weighted by Gasteiger charge is 2.49. The molecule has 1 unspecified atom stereocenters. The first-order valence-corrected chi connectivity index (χ1v) is 13.0.